The van der Waals surface area contributed by atoms with Crippen LogP contribution in [0.3, 0.4) is 0 Å². The van der Waals surface area contributed by atoms with Crippen molar-refractivity contribution < 1.29 is 19.4 Å². The SMILES string of the molecule is CC(=O)N/C(=C/c1ccccc1OCc1ccccc1Br)C(=O)O. The van der Waals surface area contributed by atoms with Gasteiger partial charge >= 0.3 is 5.97 Å². The molecule has 1 amide bonds. The summed E-state index contributed by atoms with van der Waals surface area (Å²) in [5, 5.41) is 11.5. The van der Waals surface area contributed by atoms with Crippen LogP contribution in [0.4, 0.5) is 0 Å². The number of halogens is 1. The fourth-order valence-electron chi connectivity index (χ4n) is 2.00. The molecule has 0 aliphatic heterocycles. The van der Waals surface area contributed by atoms with Gasteiger partial charge in [0.2, 0.25) is 5.91 Å². The Morgan fingerprint density at radius 2 is 1.83 bits per heavy atom. The molecule has 0 atom stereocenters. The maximum atomic E-state index is 11.2. The average Bonchev–Trinajstić information content (AvgIpc) is 2.54. The van der Waals surface area contributed by atoms with Crippen LogP contribution in [0.25, 0.3) is 6.08 Å². The molecule has 0 aliphatic carbocycles. The first-order valence-corrected chi connectivity index (χ1v) is 7.94. The van der Waals surface area contributed by atoms with Gasteiger partial charge in [0.15, 0.2) is 0 Å². The number of carboxylic acid groups (broad SMARTS) is 1. The molecule has 0 aliphatic rings. The molecule has 0 bridgehead atoms. The van der Waals surface area contributed by atoms with Crippen molar-refractivity contribution in [3.63, 3.8) is 0 Å². The molecule has 2 aromatic rings. The lowest BCUT2D eigenvalue weighted by Gasteiger charge is -2.11. The van der Waals surface area contributed by atoms with Crippen molar-refractivity contribution in [1.29, 1.82) is 0 Å². The second-order valence-corrected chi connectivity index (χ2v) is 5.82. The molecule has 6 heteroatoms. The van der Waals surface area contributed by atoms with Crippen LogP contribution in [0.2, 0.25) is 0 Å². The van der Waals surface area contributed by atoms with Gasteiger partial charge in [0, 0.05) is 22.5 Å². The summed E-state index contributed by atoms with van der Waals surface area (Å²) in [4.78, 5) is 22.4. The van der Waals surface area contributed by atoms with E-state index >= 15 is 0 Å². The van der Waals surface area contributed by atoms with Crippen molar-refractivity contribution >= 4 is 33.9 Å². The van der Waals surface area contributed by atoms with Gasteiger partial charge in [-0.2, -0.15) is 0 Å². The molecule has 0 radical (unpaired) electrons. The fraction of sp³-hybridized carbons (Fsp3) is 0.111. The maximum absolute atomic E-state index is 11.2. The second-order valence-electron chi connectivity index (χ2n) is 4.96. The molecule has 0 heterocycles. The zero-order chi connectivity index (χ0) is 17.5. The summed E-state index contributed by atoms with van der Waals surface area (Å²) < 4.78 is 6.74. The van der Waals surface area contributed by atoms with Crippen molar-refractivity contribution in [3.8, 4) is 5.75 Å². The second kappa shape index (κ2) is 8.31. The molecule has 5 nitrogen and oxygen atoms in total. The normalized spacial score (nSPS) is 11.0. The number of rotatable bonds is 6. The zero-order valence-corrected chi connectivity index (χ0v) is 14.5. The molecule has 0 spiro atoms. The number of ether oxygens (including phenoxy) is 1. The van der Waals surface area contributed by atoms with Gasteiger partial charge in [0.25, 0.3) is 0 Å². The fourth-order valence-corrected chi connectivity index (χ4v) is 2.40. The Bertz CT molecular complexity index is 786. The first kappa shape index (κ1) is 17.7. The Labute approximate surface area is 148 Å². The quantitative estimate of drug-likeness (QED) is 0.740. The minimum atomic E-state index is -1.22. The molecule has 2 N–H and O–H groups in total. The third-order valence-electron chi connectivity index (χ3n) is 3.10. The van der Waals surface area contributed by atoms with Crippen LogP contribution in [0.1, 0.15) is 18.1 Å². The largest absolute Gasteiger partial charge is 0.488 e. The van der Waals surface area contributed by atoms with Gasteiger partial charge in [0.1, 0.15) is 18.1 Å². The number of carbonyl (C=O) groups excluding carboxylic acids is 1. The molecular weight excluding hydrogens is 374 g/mol. The number of aliphatic carboxylic acids is 1. The number of para-hydroxylation sites is 1. The number of hydrogen-bond donors (Lipinski definition) is 2. The third kappa shape index (κ3) is 4.96. The summed E-state index contributed by atoms with van der Waals surface area (Å²) in [6.07, 6.45) is 1.37. The van der Waals surface area contributed by atoms with E-state index in [1.54, 1.807) is 24.3 Å². The number of carbonyl (C=O) groups is 2. The summed E-state index contributed by atoms with van der Waals surface area (Å²) in [7, 11) is 0. The van der Waals surface area contributed by atoms with E-state index in [9.17, 15) is 14.7 Å². The predicted molar refractivity (Wildman–Crippen MR) is 94.3 cm³/mol. The molecule has 0 saturated heterocycles. The average molecular weight is 390 g/mol. The van der Waals surface area contributed by atoms with Gasteiger partial charge in [-0.05, 0) is 18.2 Å². The summed E-state index contributed by atoms with van der Waals surface area (Å²) >= 11 is 3.46. The van der Waals surface area contributed by atoms with E-state index in [4.69, 9.17) is 4.74 Å². The first-order chi connectivity index (χ1) is 11.5. The number of hydrogen-bond acceptors (Lipinski definition) is 3. The lowest BCUT2D eigenvalue weighted by Crippen LogP contribution is -2.24. The van der Waals surface area contributed by atoms with Crippen LogP contribution >= 0.6 is 15.9 Å². The lowest BCUT2D eigenvalue weighted by molar-refractivity contribution is -0.134. The number of benzene rings is 2. The van der Waals surface area contributed by atoms with Gasteiger partial charge in [-0.15, -0.1) is 0 Å². The van der Waals surface area contributed by atoms with E-state index in [1.165, 1.54) is 13.0 Å². The molecule has 0 unspecified atom stereocenters. The Kier molecular flexibility index (Phi) is 6.14. The highest BCUT2D eigenvalue weighted by atomic mass is 79.9. The number of carboxylic acids is 1. The van der Waals surface area contributed by atoms with Crippen molar-refractivity contribution in [2.75, 3.05) is 0 Å². The Hall–Kier alpha value is -2.60. The van der Waals surface area contributed by atoms with E-state index in [-0.39, 0.29) is 5.70 Å². The van der Waals surface area contributed by atoms with Crippen molar-refractivity contribution in [1.82, 2.24) is 5.32 Å². The molecule has 0 aromatic heterocycles. The molecule has 0 saturated carbocycles. The monoisotopic (exact) mass is 389 g/mol. The van der Waals surface area contributed by atoms with Gasteiger partial charge in [0.05, 0.1) is 0 Å². The highest BCUT2D eigenvalue weighted by Gasteiger charge is 2.11. The molecular formula is C18H16BrNO4. The van der Waals surface area contributed by atoms with Gasteiger partial charge < -0.3 is 15.2 Å². The highest BCUT2D eigenvalue weighted by molar-refractivity contribution is 9.10. The molecule has 124 valence electrons. The maximum Gasteiger partial charge on any atom is 0.352 e. The number of nitrogens with one attached hydrogen (secondary N) is 1. The van der Waals surface area contributed by atoms with Crippen LogP contribution in [0.15, 0.2) is 58.7 Å². The Balaban J connectivity index is 2.25. The van der Waals surface area contributed by atoms with Crippen LogP contribution in [0.5, 0.6) is 5.75 Å². The topological polar surface area (TPSA) is 75.6 Å². The van der Waals surface area contributed by atoms with Gasteiger partial charge in [-0.3, -0.25) is 4.79 Å². The van der Waals surface area contributed by atoms with Crippen LogP contribution in [-0.4, -0.2) is 17.0 Å². The highest BCUT2D eigenvalue weighted by Crippen LogP contribution is 2.24. The van der Waals surface area contributed by atoms with E-state index in [1.807, 2.05) is 24.3 Å². The Morgan fingerprint density at radius 3 is 2.50 bits per heavy atom. The smallest absolute Gasteiger partial charge is 0.352 e. The lowest BCUT2D eigenvalue weighted by atomic mass is 10.1. The molecule has 2 aromatic carbocycles. The van der Waals surface area contributed by atoms with E-state index in [0.29, 0.717) is 17.9 Å². The summed E-state index contributed by atoms with van der Waals surface area (Å²) in [6, 6.07) is 14.7. The van der Waals surface area contributed by atoms with E-state index < -0.39 is 11.9 Å². The first-order valence-electron chi connectivity index (χ1n) is 7.15. The standard InChI is InChI=1S/C18H16BrNO4/c1-12(21)20-16(18(22)23)10-13-6-3-5-9-17(13)24-11-14-7-2-4-8-15(14)19/h2-10H,11H2,1H3,(H,20,21)(H,22,23)/b16-10+. The van der Waals surface area contributed by atoms with E-state index in [2.05, 4.69) is 21.2 Å². The van der Waals surface area contributed by atoms with Crippen molar-refractivity contribution in [2.24, 2.45) is 0 Å². The van der Waals surface area contributed by atoms with Crippen molar-refractivity contribution in [2.45, 2.75) is 13.5 Å². The Morgan fingerprint density at radius 1 is 1.17 bits per heavy atom. The van der Waals surface area contributed by atoms with Crippen LogP contribution in [-0.2, 0) is 16.2 Å². The minimum Gasteiger partial charge on any atom is -0.488 e. The van der Waals surface area contributed by atoms with Crippen LogP contribution < -0.4 is 10.1 Å². The summed E-state index contributed by atoms with van der Waals surface area (Å²) in [6.45, 7) is 1.58. The predicted octanol–water partition coefficient (Wildman–Crippen LogP) is 3.59. The number of amides is 1. The molecule has 2 rings (SSSR count). The van der Waals surface area contributed by atoms with E-state index in [0.717, 1.165) is 10.0 Å². The zero-order valence-electron chi connectivity index (χ0n) is 13.0. The van der Waals surface area contributed by atoms with Crippen LogP contribution in [0, 0.1) is 0 Å². The summed E-state index contributed by atoms with van der Waals surface area (Å²) in [5.74, 6) is -1.14. The summed E-state index contributed by atoms with van der Waals surface area (Å²) in [5.41, 5.74) is 1.33. The third-order valence-corrected chi connectivity index (χ3v) is 3.87. The molecule has 24 heavy (non-hydrogen) atoms. The molecule has 0 fully saturated rings. The van der Waals surface area contributed by atoms with Crippen molar-refractivity contribution in [3.05, 3.63) is 69.8 Å². The van der Waals surface area contributed by atoms with Gasteiger partial charge in [-0.1, -0.05) is 52.3 Å². The van der Waals surface area contributed by atoms with Gasteiger partial charge in [-0.25, -0.2) is 4.79 Å². The minimum absolute atomic E-state index is 0.209.